The minimum Gasteiger partial charge on any atom is -0.491 e. The van der Waals surface area contributed by atoms with Crippen molar-refractivity contribution in [3.63, 3.8) is 0 Å². The molecule has 1 fully saturated rings. The molecule has 0 aromatic carbocycles. The number of methoxy groups -OCH3 is 1. The van der Waals surface area contributed by atoms with Crippen LogP contribution < -0.4 is 15.4 Å². The van der Waals surface area contributed by atoms with E-state index >= 15 is 0 Å². The lowest BCUT2D eigenvalue weighted by Gasteiger charge is -2.14. The van der Waals surface area contributed by atoms with E-state index in [1.54, 1.807) is 25.4 Å². The van der Waals surface area contributed by atoms with Crippen molar-refractivity contribution in [3.05, 3.63) is 36.7 Å². The summed E-state index contributed by atoms with van der Waals surface area (Å²) < 4.78 is 37.0. The Morgan fingerprint density at radius 3 is 2.68 bits per heavy atom. The van der Waals surface area contributed by atoms with Crippen LogP contribution in [0.3, 0.4) is 0 Å². The molecule has 180 valence electrons. The topological polar surface area (TPSA) is 137 Å². The van der Waals surface area contributed by atoms with Crippen LogP contribution in [0.5, 0.6) is 5.75 Å². The fourth-order valence-corrected chi connectivity index (χ4v) is 3.83. The number of anilines is 3. The lowest BCUT2D eigenvalue weighted by Crippen LogP contribution is -2.09. The van der Waals surface area contributed by atoms with Gasteiger partial charge in [0.1, 0.15) is 24.0 Å². The normalized spacial score (nSPS) is 13.5. The van der Waals surface area contributed by atoms with Crippen LogP contribution in [-0.2, 0) is 19.4 Å². The van der Waals surface area contributed by atoms with E-state index in [2.05, 4.69) is 25.7 Å². The molecule has 1 saturated carbocycles. The van der Waals surface area contributed by atoms with Gasteiger partial charge in [-0.25, -0.2) is 18.4 Å². The van der Waals surface area contributed by atoms with Gasteiger partial charge in [-0.1, -0.05) is 0 Å². The molecule has 0 radical (unpaired) electrons. The van der Waals surface area contributed by atoms with Crippen molar-refractivity contribution in [1.29, 1.82) is 0 Å². The van der Waals surface area contributed by atoms with Gasteiger partial charge in [0, 0.05) is 56.4 Å². The van der Waals surface area contributed by atoms with Gasteiger partial charge in [0.25, 0.3) is 0 Å². The first kappa shape index (κ1) is 23.6. The molecule has 1 aliphatic rings. The summed E-state index contributed by atoms with van der Waals surface area (Å²) in [6.07, 6.45) is 6.79. The molecule has 1 amide bonds. The SMILES string of the molecule is COCCOc1cc(Nc2cc(NC(C)=O)ncc2-c2ccn(C3CC3)n2)nc(S(C)(=O)=O)c1. The Labute approximate surface area is 197 Å². The first-order chi connectivity index (χ1) is 16.2. The maximum absolute atomic E-state index is 12.2. The zero-order valence-corrected chi connectivity index (χ0v) is 19.9. The van der Waals surface area contributed by atoms with Crippen LogP contribution >= 0.6 is 0 Å². The molecule has 0 spiro atoms. The summed E-state index contributed by atoms with van der Waals surface area (Å²) >= 11 is 0. The van der Waals surface area contributed by atoms with E-state index in [0.29, 0.717) is 41.2 Å². The zero-order chi connectivity index (χ0) is 24.3. The summed E-state index contributed by atoms with van der Waals surface area (Å²) in [5.74, 6) is 0.635. The van der Waals surface area contributed by atoms with Gasteiger partial charge >= 0.3 is 0 Å². The third-order valence-corrected chi connectivity index (χ3v) is 5.96. The molecule has 2 N–H and O–H groups in total. The molecule has 11 nitrogen and oxygen atoms in total. The fourth-order valence-electron chi connectivity index (χ4n) is 3.24. The first-order valence-corrected chi connectivity index (χ1v) is 12.6. The predicted octanol–water partition coefficient (Wildman–Crippen LogP) is 2.81. The van der Waals surface area contributed by atoms with Gasteiger partial charge in [-0.05, 0) is 18.9 Å². The molecule has 3 aromatic rings. The monoisotopic (exact) mass is 486 g/mol. The highest BCUT2D eigenvalue weighted by Gasteiger charge is 2.25. The molecular formula is C22H26N6O5S. The number of carbonyl (C=O) groups excluding carboxylic acids is 1. The number of amides is 1. The molecule has 0 atom stereocenters. The lowest BCUT2D eigenvalue weighted by molar-refractivity contribution is -0.114. The van der Waals surface area contributed by atoms with Gasteiger partial charge in [0.15, 0.2) is 14.9 Å². The number of ether oxygens (including phenoxy) is 2. The van der Waals surface area contributed by atoms with E-state index in [4.69, 9.17) is 9.47 Å². The third-order valence-electron chi connectivity index (χ3n) is 4.99. The Kier molecular flexibility index (Phi) is 6.80. The van der Waals surface area contributed by atoms with Gasteiger partial charge in [0.05, 0.1) is 24.0 Å². The van der Waals surface area contributed by atoms with Crippen molar-refractivity contribution >= 4 is 33.1 Å². The second-order valence-corrected chi connectivity index (χ2v) is 9.94. The van der Waals surface area contributed by atoms with Crippen LogP contribution in [0, 0.1) is 0 Å². The minimum absolute atomic E-state index is 0.138. The maximum Gasteiger partial charge on any atom is 0.222 e. The number of hydrogen-bond donors (Lipinski definition) is 2. The Hall–Kier alpha value is -3.51. The van der Waals surface area contributed by atoms with E-state index in [9.17, 15) is 13.2 Å². The van der Waals surface area contributed by atoms with Gasteiger partial charge in [0.2, 0.25) is 5.91 Å². The molecule has 1 aliphatic carbocycles. The molecule has 34 heavy (non-hydrogen) atoms. The quantitative estimate of drug-likeness (QED) is 0.414. The van der Waals surface area contributed by atoms with Crippen molar-refractivity contribution in [3.8, 4) is 17.0 Å². The van der Waals surface area contributed by atoms with Crippen LogP contribution in [0.2, 0.25) is 0 Å². The average molecular weight is 487 g/mol. The highest BCUT2D eigenvalue weighted by Crippen LogP contribution is 2.36. The maximum atomic E-state index is 12.2. The first-order valence-electron chi connectivity index (χ1n) is 10.7. The number of hydrogen-bond acceptors (Lipinski definition) is 9. The van der Waals surface area contributed by atoms with E-state index in [1.165, 1.54) is 13.0 Å². The van der Waals surface area contributed by atoms with Crippen LogP contribution in [0.1, 0.15) is 25.8 Å². The minimum atomic E-state index is -3.60. The molecule has 12 heteroatoms. The van der Waals surface area contributed by atoms with E-state index in [-0.39, 0.29) is 23.4 Å². The highest BCUT2D eigenvalue weighted by molar-refractivity contribution is 7.90. The molecule has 3 heterocycles. The number of nitrogens with one attached hydrogen (secondary N) is 2. The smallest absolute Gasteiger partial charge is 0.222 e. The van der Waals surface area contributed by atoms with Crippen LogP contribution in [-0.4, -0.2) is 60.7 Å². The third kappa shape index (κ3) is 5.88. The zero-order valence-electron chi connectivity index (χ0n) is 19.1. The molecule has 0 unspecified atom stereocenters. The number of pyridine rings is 2. The Morgan fingerprint density at radius 1 is 1.21 bits per heavy atom. The van der Waals surface area contributed by atoms with Crippen molar-refractivity contribution < 1.29 is 22.7 Å². The van der Waals surface area contributed by atoms with Crippen molar-refractivity contribution in [2.45, 2.75) is 30.8 Å². The molecule has 0 saturated heterocycles. The molecule has 0 bridgehead atoms. The molecule has 4 rings (SSSR count). The predicted molar refractivity (Wildman–Crippen MR) is 126 cm³/mol. The van der Waals surface area contributed by atoms with Gasteiger partial charge in [-0.3, -0.25) is 9.48 Å². The number of aromatic nitrogens is 4. The fraction of sp³-hybridized carbons (Fsp3) is 0.364. The van der Waals surface area contributed by atoms with E-state index in [1.807, 2.05) is 16.9 Å². The lowest BCUT2D eigenvalue weighted by atomic mass is 10.1. The van der Waals surface area contributed by atoms with E-state index in [0.717, 1.165) is 19.1 Å². The van der Waals surface area contributed by atoms with Crippen LogP contribution in [0.15, 0.2) is 41.7 Å². The van der Waals surface area contributed by atoms with Crippen LogP contribution in [0.25, 0.3) is 11.3 Å². The van der Waals surface area contributed by atoms with Crippen molar-refractivity contribution in [2.75, 3.05) is 37.2 Å². The van der Waals surface area contributed by atoms with E-state index < -0.39 is 9.84 Å². The largest absolute Gasteiger partial charge is 0.491 e. The second kappa shape index (κ2) is 9.77. The summed E-state index contributed by atoms with van der Waals surface area (Å²) in [5.41, 5.74) is 1.90. The average Bonchev–Trinajstić information content (AvgIpc) is 3.50. The molecular weight excluding hydrogens is 460 g/mol. The van der Waals surface area contributed by atoms with Gasteiger partial charge < -0.3 is 20.1 Å². The Morgan fingerprint density at radius 2 is 2.00 bits per heavy atom. The van der Waals surface area contributed by atoms with Gasteiger partial charge in [-0.2, -0.15) is 5.10 Å². The Bertz CT molecular complexity index is 1300. The molecule has 0 aliphatic heterocycles. The standard InChI is InChI=1S/C22H26N6O5S/c1-14(29)24-20-12-19(17(13-23-20)18-6-7-28(27-18)15-4-5-15)25-21-10-16(33-9-8-32-2)11-22(26-21)34(3,30)31/h6-7,10-13,15H,4-5,8-9H2,1-3H3,(H2,23,24,25,26,29). The number of rotatable bonds is 10. The highest BCUT2D eigenvalue weighted by atomic mass is 32.2. The number of sulfone groups is 1. The van der Waals surface area contributed by atoms with Crippen molar-refractivity contribution in [1.82, 2.24) is 19.7 Å². The summed E-state index contributed by atoms with van der Waals surface area (Å²) in [6.45, 7) is 1.98. The second-order valence-electron chi connectivity index (χ2n) is 7.97. The Balaban J connectivity index is 1.73. The summed E-state index contributed by atoms with van der Waals surface area (Å²) in [5, 5.41) is 10.3. The molecule has 3 aromatic heterocycles. The summed E-state index contributed by atoms with van der Waals surface area (Å²) in [6, 6.07) is 6.90. The number of carbonyl (C=O) groups is 1. The summed E-state index contributed by atoms with van der Waals surface area (Å²) in [7, 11) is -2.06. The van der Waals surface area contributed by atoms with Gasteiger partial charge in [-0.15, -0.1) is 0 Å². The van der Waals surface area contributed by atoms with Crippen molar-refractivity contribution in [2.24, 2.45) is 0 Å². The number of nitrogens with zero attached hydrogens (tertiary/aromatic N) is 4. The summed E-state index contributed by atoms with van der Waals surface area (Å²) in [4.78, 5) is 20.1. The van der Waals surface area contributed by atoms with Crippen LogP contribution in [0.4, 0.5) is 17.3 Å².